The van der Waals surface area contributed by atoms with Gasteiger partial charge in [-0.25, -0.2) is 4.68 Å². The van der Waals surface area contributed by atoms with Crippen LogP contribution in [0, 0.1) is 13.8 Å². The summed E-state index contributed by atoms with van der Waals surface area (Å²) < 4.78 is 3.83. The predicted molar refractivity (Wildman–Crippen MR) is 117 cm³/mol. The molecular formula is C24H27N5. The third kappa shape index (κ3) is 4.15. The first-order valence-corrected chi connectivity index (χ1v) is 9.96. The van der Waals surface area contributed by atoms with Gasteiger partial charge >= 0.3 is 0 Å². The standard InChI is InChI=1S/C24H27N5/c1-17-10-12-20(13-11-17)24-21(15-29(27-24)22-8-6-5-7-9-22)14-25-18(2)23-16-28(4)26-19(23)3/h5-13,15-16,18,25H,14H2,1-4H3. The van der Waals surface area contributed by atoms with Crippen molar-refractivity contribution in [3.8, 4) is 16.9 Å². The molecule has 2 heterocycles. The Kier molecular flexibility index (Phi) is 5.32. The van der Waals surface area contributed by atoms with Gasteiger partial charge in [-0.1, -0.05) is 48.0 Å². The third-order valence-corrected chi connectivity index (χ3v) is 5.25. The molecule has 0 fully saturated rings. The van der Waals surface area contributed by atoms with Gasteiger partial charge in [0.2, 0.25) is 0 Å². The van der Waals surface area contributed by atoms with Gasteiger partial charge in [0.25, 0.3) is 0 Å². The van der Waals surface area contributed by atoms with Gasteiger partial charge in [-0.3, -0.25) is 4.68 Å². The summed E-state index contributed by atoms with van der Waals surface area (Å²) in [6, 6.07) is 19.0. The van der Waals surface area contributed by atoms with Crippen LogP contribution in [-0.4, -0.2) is 19.6 Å². The molecule has 2 aromatic carbocycles. The lowest BCUT2D eigenvalue weighted by Gasteiger charge is -2.13. The number of aryl methyl sites for hydroxylation is 3. The van der Waals surface area contributed by atoms with E-state index in [1.165, 1.54) is 16.7 Å². The largest absolute Gasteiger partial charge is 0.306 e. The van der Waals surface area contributed by atoms with Gasteiger partial charge in [-0.15, -0.1) is 0 Å². The molecule has 0 aliphatic rings. The Hall–Kier alpha value is -3.18. The Morgan fingerprint density at radius 3 is 2.31 bits per heavy atom. The van der Waals surface area contributed by atoms with Crippen LogP contribution in [0.1, 0.15) is 35.3 Å². The van der Waals surface area contributed by atoms with E-state index in [0.717, 1.165) is 29.2 Å². The number of nitrogens with one attached hydrogen (secondary N) is 1. The van der Waals surface area contributed by atoms with Crippen molar-refractivity contribution >= 4 is 0 Å². The molecule has 5 nitrogen and oxygen atoms in total. The van der Waals surface area contributed by atoms with Crippen LogP contribution in [0.2, 0.25) is 0 Å². The van der Waals surface area contributed by atoms with Gasteiger partial charge in [-0.2, -0.15) is 10.2 Å². The lowest BCUT2D eigenvalue weighted by molar-refractivity contribution is 0.572. The number of aromatic nitrogens is 4. The molecule has 0 aliphatic heterocycles. The van der Waals surface area contributed by atoms with Crippen molar-refractivity contribution in [2.75, 3.05) is 0 Å². The SMILES string of the molecule is Cc1ccc(-c2nn(-c3ccccc3)cc2CNC(C)c2cn(C)nc2C)cc1. The van der Waals surface area contributed by atoms with Gasteiger partial charge in [-0.05, 0) is 32.9 Å². The Balaban J connectivity index is 1.64. The molecule has 0 saturated carbocycles. The van der Waals surface area contributed by atoms with E-state index in [1.54, 1.807) is 0 Å². The lowest BCUT2D eigenvalue weighted by atomic mass is 10.1. The van der Waals surface area contributed by atoms with Gasteiger partial charge in [0.15, 0.2) is 0 Å². The fourth-order valence-electron chi connectivity index (χ4n) is 3.62. The smallest absolute Gasteiger partial charge is 0.0972 e. The van der Waals surface area contributed by atoms with Crippen molar-refractivity contribution < 1.29 is 0 Å². The molecule has 2 aromatic heterocycles. The van der Waals surface area contributed by atoms with E-state index < -0.39 is 0 Å². The molecule has 0 saturated heterocycles. The van der Waals surface area contributed by atoms with E-state index in [9.17, 15) is 0 Å². The fraction of sp³-hybridized carbons (Fsp3) is 0.250. The minimum Gasteiger partial charge on any atom is -0.306 e. The molecule has 1 N–H and O–H groups in total. The van der Waals surface area contributed by atoms with E-state index in [2.05, 4.69) is 80.0 Å². The summed E-state index contributed by atoms with van der Waals surface area (Å²) in [5.41, 5.74) is 7.90. The van der Waals surface area contributed by atoms with Crippen molar-refractivity contribution in [1.29, 1.82) is 0 Å². The maximum absolute atomic E-state index is 4.91. The van der Waals surface area contributed by atoms with Crippen molar-refractivity contribution in [3.63, 3.8) is 0 Å². The predicted octanol–water partition coefficient (Wildman–Crippen LogP) is 4.74. The highest BCUT2D eigenvalue weighted by Crippen LogP contribution is 2.25. The molecule has 0 spiro atoms. The topological polar surface area (TPSA) is 47.7 Å². The van der Waals surface area contributed by atoms with Crippen LogP contribution in [-0.2, 0) is 13.6 Å². The highest BCUT2D eigenvalue weighted by Gasteiger charge is 2.15. The molecule has 4 rings (SSSR count). The summed E-state index contributed by atoms with van der Waals surface area (Å²) in [5, 5.41) is 13.0. The fourth-order valence-corrected chi connectivity index (χ4v) is 3.62. The first kappa shape index (κ1) is 19.2. The zero-order valence-corrected chi connectivity index (χ0v) is 17.4. The minimum atomic E-state index is 0.203. The molecule has 0 bridgehead atoms. The number of hydrogen-bond donors (Lipinski definition) is 1. The molecule has 0 radical (unpaired) electrons. The summed E-state index contributed by atoms with van der Waals surface area (Å²) in [6.45, 7) is 7.06. The van der Waals surface area contributed by atoms with Gasteiger partial charge < -0.3 is 5.32 Å². The van der Waals surface area contributed by atoms with Crippen molar-refractivity contribution in [1.82, 2.24) is 24.9 Å². The number of nitrogens with zero attached hydrogens (tertiary/aromatic N) is 4. The molecule has 0 aliphatic carbocycles. The molecule has 0 amide bonds. The van der Waals surface area contributed by atoms with Crippen molar-refractivity contribution in [2.45, 2.75) is 33.4 Å². The average molecular weight is 386 g/mol. The quantitative estimate of drug-likeness (QED) is 0.521. The highest BCUT2D eigenvalue weighted by molar-refractivity contribution is 5.63. The summed E-state index contributed by atoms with van der Waals surface area (Å²) in [7, 11) is 1.96. The maximum Gasteiger partial charge on any atom is 0.0972 e. The average Bonchev–Trinajstić information content (AvgIpc) is 3.30. The summed E-state index contributed by atoms with van der Waals surface area (Å²) in [5.74, 6) is 0. The first-order chi connectivity index (χ1) is 14.0. The van der Waals surface area contributed by atoms with Gasteiger partial charge in [0.05, 0.1) is 17.1 Å². The zero-order chi connectivity index (χ0) is 20.4. The number of hydrogen-bond acceptors (Lipinski definition) is 3. The van der Waals surface area contributed by atoms with Gasteiger partial charge in [0.1, 0.15) is 0 Å². The third-order valence-electron chi connectivity index (χ3n) is 5.25. The molecule has 29 heavy (non-hydrogen) atoms. The van der Waals surface area contributed by atoms with E-state index in [1.807, 2.05) is 34.6 Å². The molecular weight excluding hydrogens is 358 g/mol. The Morgan fingerprint density at radius 1 is 0.931 bits per heavy atom. The number of benzene rings is 2. The summed E-state index contributed by atoms with van der Waals surface area (Å²) in [6.07, 6.45) is 4.21. The zero-order valence-electron chi connectivity index (χ0n) is 17.4. The van der Waals surface area contributed by atoms with Crippen molar-refractivity contribution in [3.05, 3.63) is 89.4 Å². The Morgan fingerprint density at radius 2 is 1.66 bits per heavy atom. The van der Waals surface area contributed by atoms with Crippen LogP contribution >= 0.6 is 0 Å². The second kappa shape index (κ2) is 8.05. The second-order valence-electron chi connectivity index (χ2n) is 7.60. The van der Waals surface area contributed by atoms with E-state index in [-0.39, 0.29) is 6.04 Å². The first-order valence-electron chi connectivity index (χ1n) is 9.96. The maximum atomic E-state index is 4.91. The van der Waals surface area contributed by atoms with Crippen LogP contribution in [0.25, 0.3) is 16.9 Å². The second-order valence-corrected chi connectivity index (χ2v) is 7.60. The molecule has 148 valence electrons. The van der Waals surface area contributed by atoms with Crippen LogP contribution in [0.3, 0.4) is 0 Å². The molecule has 5 heteroatoms. The van der Waals surface area contributed by atoms with E-state index in [4.69, 9.17) is 5.10 Å². The number of rotatable bonds is 6. The van der Waals surface area contributed by atoms with Crippen LogP contribution in [0.4, 0.5) is 0 Å². The minimum absolute atomic E-state index is 0.203. The Bertz CT molecular complexity index is 1090. The highest BCUT2D eigenvalue weighted by atomic mass is 15.3. The van der Waals surface area contributed by atoms with Crippen LogP contribution < -0.4 is 5.32 Å². The molecule has 4 aromatic rings. The molecule has 1 unspecified atom stereocenters. The van der Waals surface area contributed by atoms with Gasteiger partial charge in [0, 0.05) is 48.7 Å². The summed E-state index contributed by atoms with van der Waals surface area (Å²) in [4.78, 5) is 0. The van der Waals surface area contributed by atoms with Crippen LogP contribution in [0.15, 0.2) is 67.0 Å². The van der Waals surface area contributed by atoms with Crippen LogP contribution in [0.5, 0.6) is 0 Å². The number of para-hydroxylation sites is 1. The monoisotopic (exact) mass is 385 g/mol. The molecule has 1 atom stereocenters. The normalized spacial score (nSPS) is 12.3. The summed E-state index contributed by atoms with van der Waals surface area (Å²) >= 11 is 0. The Labute approximate surface area is 172 Å². The van der Waals surface area contributed by atoms with E-state index in [0.29, 0.717) is 0 Å². The lowest BCUT2D eigenvalue weighted by Crippen LogP contribution is -2.18. The van der Waals surface area contributed by atoms with Crippen molar-refractivity contribution in [2.24, 2.45) is 7.05 Å². The van der Waals surface area contributed by atoms with E-state index >= 15 is 0 Å².